The van der Waals surface area contributed by atoms with E-state index < -0.39 is 0 Å². The van der Waals surface area contributed by atoms with E-state index in [2.05, 4.69) is 10.4 Å². The lowest BCUT2D eigenvalue weighted by Crippen LogP contribution is -2.16. The minimum absolute atomic E-state index is 0.322. The number of aryl methyl sites for hydroxylation is 2. The maximum absolute atomic E-state index is 12.3. The number of aromatic nitrogens is 2. The molecule has 0 aliphatic carbocycles. The van der Waals surface area contributed by atoms with Gasteiger partial charge in [-0.1, -0.05) is 31.0 Å². The molecule has 6 heteroatoms. The minimum Gasteiger partial charge on any atom is -0.321 e. The number of benzene rings is 1. The van der Waals surface area contributed by atoms with Crippen LogP contribution >= 0.6 is 11.6 Å². The summed E-state index contributed by atoms with van der Waals surface area (Å²) in [5.74, 6) is -0.340. The number of anilines is 1. The molecule has 0 aliphatic heterocycles. The number of amides is 1. The predicted octanol–water partition coefficient (Wildman–Crippen LogP) is 3.15. The van der Waals surface area contributed by atoms with Crippen LogP contribution < -0.4 is 5.32 Å². The van der Waals surface area contributed by atoms with Crippen molar-refractivity contribution in [3.05, 3.63) is 46.2 Å². The molecule has 2 aromatic rings. The molecule has 1 aromatic carbocycles. The van der Waals surface area contributed by atoms with Gasteiger partial charge in [0.1, 0.15) is 5.69 Å². The zero-order valence-corrected chi connectivity index (χ0v) is 12.6. The third-order valence-electron chi connectivity index (χ3n) is 3.01. The van der Waals surface area contributed by atoms with E-state index >= 15 is 0 Å². The fourth-order valence-corrected chi connectivity index (χ4v) is 2.39. The second-order valence-electron chi connectivity index (χ2n) is 4.63. The summed E-state index contributed by atoms with van der Waals surface area (Å²) in [6.45, 7) is 2.03. The Morgan fingerprint density at radius 3 is 2.95 bits per heavy atom. The number of hydrogen-bond acceptors (Lipinski definition) is 3. The van der Waals surface area contributed by atoms with Crippen LogP contribution in [0, 0.1) is 11.3 Å². The van der Waals surface area contributed by atoms with Gasteiger partial charge in [-0.3, -0.25) is 9.48 Å². The van der Waals surface area contributed by atoms with Crippen molar-refractivity contribution in [2.75, 3.05) is 5.32 Å². The SMILES string of the molecule is CCCc1nn(C)c(C(=O)Nc2cccc(C#N)c2)c1Cl. The molecular weight excluding hydrogens is 288 g/mol. The van der Waals surface area contributed by atoms with Gasteiger partial charge in [0, 0.05) is 12.7 Å². The second kappa shape index (κ2) is 6.42. The van der Waals surface area contributed by atoms with E-state index in [0.29, 0.717) is 22.0 Å². The Morgan fingerprint density at radius 2 is 2.29 bits per heavy atom. The van der Waals surface area contributed by atoms with Crippen molar-refractivity contribution >= 4 is 23.2 Å². The minimum atomic E-state index is -0.340. The Balaban J connectivity index is 2.26. The molecule has 1 aromatic heterocycles. The molecule has 5 nitrogen and oxygen atoms in total. The van der Waals surface area contributed by atoms with Crippen molar-refractivity contribution < 1.29 is 4.79 Å². The van der Waals surface area contributed by atoms with Crippen molar-refractivity contribution in [1.82, 2.24) is 9.78 Å². The lowest BCUT2D eigenvalue weighted by Gasteiger charge is -2.06. The lowest BCUT2D eigenvalue weighted by molar-refractivity contribution is 0.101. The van der Waals surface area contributed by atoms with Crippen LogP contribution in [0.2, 0.25) is 5.02 Å². The van der Waals surface area contributed by atoms with E-state index in [9.17, 15) is 4.79 Å². The van der Waals surface area contributed by atoms with E-state index in [4.69, 9.17) is 16.9 Å². The van der Waals surface area contributed by atoms with Crippen molar-refractivity contribution in [1.29, 1.82) is 5.26 Å². The van der Waals surface area contributed by atoms with Crippen LogP contribution in [0.4, 0.5) is 5.69 Å². The topological polar surface area (TPSA) is 70.7 Å². The number of nitrogens with zero attached hydrogens (tertiary/aromatic N) is 3. The van der Waals surface area contributed by atoms with E-state index in [1.54, 1.807) is 31.3 Å². The van der Waals surface area contributed by atoms with Crippen molar-refractivity contribution in [2.24, 2.45) is 7.05 Å². The summed E-state index contributed by atoms with van der Waals surface area (Å²) in [6, 6.07) is 8.74. The summed E-state index contributed by atoms with van der Waals surface area (Å²) in [4.78, 5) is 12.3. The average Bonchev–Trinajstić information content (AvgIpc) is 2.74. The number of carbonyl (C=O) groups excluding carboxylic acids is 1. The standard InChI is InChI=1S/C15H15ClN4O/c1-3-5-12-13(16)14(20(2)19-12)15(21)18-11-7-4-6-10(8-11)9-17/h4,6-8H,3,5H2,1-2H3,(H,18,21). The van der Waals surface area contributed by atoms with Gasteiger partial charge >= 0.3 is 0 Å². The van der Waals surface area contributed by atoms with Gasteiger partial charge in [-0.15, -0.1) is 0 Å². The summed E-state index contributed by atoms with van der Waals surface area (Å²) in [7, 11) is 1.69. The highest BCUT2D eigenvalue weighted by Crippen LogP contribution is 2.23. The highest BCUT2D eigenvalue weighted by molar-refractivity contribution is 6.34. The molecule has 0 saturated heterocycles. The van der Waals surface area contributed by atoms with Crippen LogP contribution in [0.3, 0.4) is 0 Å². The summed E-state index contributed by atoms with van der Waals surface area (Å²) in [5, 5.41) is 16.3. The van der Waals surface area contributed by atoms with Crippen LogP contribution in [-0.2, 0) is 13.5 Å². The zero-order chi connectivity index (χ0) is 15.4. The molecule has 1 N–H and O–H groups in total. The summed E-state index contributed by atoms with van der Waals surface area (Å²) in [6.07, 6.45) is 1.63. The van der Waals surface area contributed by atoms with Gasteiger partial charge in [-0.25, -0.2) is 0 Å². The third kappa shape index (κ3) is 3.23. The van der Waals surface area contributed by atoms with Gasteiger partial charge in [0.25, 0.3) is 5.91 Å². The molecule has 1 heterocycles. The zero-order valence-electron chi connectivity index (χ0n) is 11.9. The molecule has 0 unspecified atom stereocenters. The maximum atomic E-state index is 12.3. The van der Waals surface area contributed by atoms with Crippen LogP contribution in [-0.4, -0.2) is 15.7 Å². The summed E-state index contributed by atoms with van der Waals surface area (Å²) < 4.78 is 1.48. The quantitative estimate of drug-likeness (QED) is 0.943. The first-order chi connectivity index (χ1) is 10.1. The average molecular weight is 303 g/mol. The fourth-order valence-electron chi connectivity index (χ4n) is 2.05. The van der Waals surface area contributed by atoms with Crippen molar-refractivity contribution in [3.63, 3.8) is 0 Å². The fraction of sp³-hybridized carbons (Fsp3) is 0.267. The van der Waals surface area contributed by atoms with Gasteiger partial charge in [0.15, 0.2) is 0 Å². The van der Waals surface area contributed by atoms with Gasteiger partial charge in [0.2, 0.25) is 0 Å². The molecule has 2 rings (SSSR count). The van der Waals surface area contributed by atoms with E-state index in [1.165, 1.54) is 4.68 Å². The molecule has 0 bridgehead atoms. The number of rotatable bonds is 4. The Bertz CT molecular complexity index is 715. The Kier molecular flexibility index (Phi) is 4.61. The molecule has 108 valence electrons. The molecule has 0 aliphatic rings. The Labute approximate surface area is 128 Å². The molecule has 0 fully saturated rings. The summed E-state index contributed by atoms with van der Waals surface area (Å²) in [5.41, 5.74) is 2.07. The van der Waals surface area contributed by atoms with E-state index in [1.807, 2.05) is 13.0 Å². The number of halogens is 1. The molecular formula is C15H15ClN4O. The Hall–Kier alpha value is -2.32. The smallest absolute Gasteiger partial charge is 0.275 e. The molecule has 1 amide bonds. The first-order valence-corrected chi connectivity index (χ1v) is 6.97. The second-order valence-corrected chi connectivity index (χ2v) is 5.01. The highest BCUT2D eigenvalue weighted by atomic mass is 35.5. The van der Waals surface area contributed by atoms with Gasteiger partial charge < -0.3 is 5.32 Å². The lowest BCUT2D eigenvalue weighted by atomic mass is 10.2. The number of carbonyl (C=O) groups is 1. The largest absolute Gasteiger partial charge is 0.321 e. The first kappa shape index (κ1) is 15.1. The highest BCUT2D eigenvalue weighted by Gasteiger charge is 2.20. The van der Waals surface area contributed by atoms with E-state index in [0.717, 1.165) is 18.5 Å². The van der Waals surface area contributed by atoms with Crippen molar-refractivity contribution in [2.45, 2.75) is 19.8 Å². The van der Waals surface area contributed by atoms with Crippen LogP contribution in [0.15, 0.2) is 24.3 Å². The number of nitrogens with one attached hydrogen (secondary N) is 1. The number of nitriles is 1. The molecule has 21 heavy (non-hydrogen) atoms. The van der Waals surface area contributed by atoms with Crippen LogP contribution in [0.25, 0.3) is 0 Å². The normalized spacial score (nSPS) is 10.2. The molecule has 0 atom stereocenters. The Morgan fingerprint density at radius 1 is 1.52 bits per heavy atom. The molecule has 0 saturated carbocycles. The molecule has 0 spiro atoms. The van der Waals surface area contributed by atoms with Crippen LogP contribution in [0.1, 0.15) is 35.1 Å². The van der Waals surface area contributed by atoms with Gasteiger partial charge in [-0.2, -0.15) is 10.4 Å². The molecule has 0 radical (unpaired) electrons. The maximum Gasteiger partial charge on any atom is 0.275 e. The van der Waals surface area contributed by atoms with Crippen molar-refractivity contribution in [3.8, 4) is 6.07 Å². The monoisotopic (exact) mass is 302 g/mol. The summed E-state index contributed by atoms with van der Waals surface area (Å²) >= 11 is 6.23. The number of hydrogen-bond donors (Lipinski definition) is 1. The van der Waals surface area contributed by atoms with Crippen LogP contribution in [0.5, 0.6) is 0 Å². The van der Waals surface area contributed by atoms with E-state index in [-0.39, 0.29) is 5.91 Å². The third-order valence-corrected chi connectivity index (χ3v) is 3.40. The van der Waals surface area contributed by atoms with Gasteiger partial charge in [-0.05, 0) is 24.6 Å². The van der Waals surface area contributed by atoms with Gasteiger partial charge in [0.05, 0.1) is 22.3 Å². The predicted molar refractivity (Wildman–Crippen MR) is 81.3 cm³/mol. The first-order valence-electron chi connectivity index (χ1n) is 6.59.